The van der Waals surface area contributed by atoms with Gasteiger partial charge in [-0.1, -0.05) is 12.1 Å². The zero-order valence-electron chi connectivity index (χ0n) is 18.9. The van der Waals surface area contributed by atoms with E-state index in [1.807, 2.05) is 49.9 Å². The average Bonchev–Trinajstić information content (AvgIpc) is 2.69. The van der Waals surface area contributed by atoms with Crippen molar-refractivity contribution in [1.82, 2.24) is 9.80 Å². The second kappa shape index (κ2) is 9.75. The van der Waals surface area contributed by atoms with Gasteiger partial charge < -0.3 is 14.4 Å². The highest BCUT2D eigenvalue weighted by atomic mass is 32.2. The number of hydrogen-bond donors (Lipinski definition) is 0. The monoisotopic (exact) mass is 454 g/mol. The van der Waals surface area contributed by atoms with Crippen LogP contribution >= 0.6 is 0 Å². The van der Waals surface area contributed by atoms with Crippen LogP contribution < -0.4 is 4.74 Å². The zero-order chi connectivity index (χ0) is 22.6. The molecule has 31 heavy (non-hydrogen) atoms. The van der Waals surface area contributed by atoms with E-state index < -0.39 is 15.7 Å². The molecule has 2 atom stereocenters. The van der Waals surface area contributed by atoms with E-state index >= 15 is 0 Å². The minimum absolute atomic E-state index is 0.00304. The number of piperazine rings is 1. The number of rotatable bonds is 6. The lowest BCUT2D eigenvalue weighted by atomic mass is 9.91. The van der Waals surface area contributed by atoms with Gasteiger partial charge in [0.2, 0.25) is 0 Å². The fraction of sp³-hybridized carbons (Fsp3) is 0.682. The predicted molar refractivity (Wildman–Crippen MR) is 117 cm³/mol. The highest BCUT2D eigenvalue weighted by Gasteiger charge is 2.35. The fourth-order valence-corrected chi connectivity index (χ4v) is 4.35. The normalized spacial score (nSPS) is 22.6. The molecule has 9 heteroatoms. The molecule has 2 fully saturated rings. The molecular formula is C22H34N2O6S. The number of carbonyl (C=O) groups is 1. The first-order valence-electron chi connectivity index (χ1n) is 10.8. The number of nitrogens with zero attached hydrogens (tertiary/aromatic N) is 2. The van der Waals surface area contributed by atoms with Crippen molar-refractivity contribution in [2.45, 2.75) is 51.9 Å². The van der Waals surface area contributed by atoms with Crippen molar-refractivity contribution in [3.8, 4) is 5.75 Å². The van der Waals surface area contributed by atoms with Crippen LogP contribution in [0, 0.1) is 5.92 Å². The Kier molecular flexibility index (Phi) is 7.49. The van der Waals surface area contributed by atoms with E-state index in [0.29, 0.717) is 37.4 Å². The van der Waals surface area contributed by atoms with Crippen LogP contribution in [0.25, 0.3) is 0 Å². The third kappa shape index (κ3) is 7.66. The van der Waals surface area contributed by atoms with E-state index in [2.05, 4.69) is 4.90 Å². The van der Waals surface area contributed by atoms with Gasteiger partial charge in [-0.3, -0.25) is 9.08 Å². The lowest BCUT2D eigenvalue weighted by Crippen LogP contribution is -2.58. The molecule has 8 nitrogen and oxygen atoms in total. The van der Waals surface area contributed by atoms with Gasteiger partial charge in [0, 0.05) is 38.1 Å². The Morgan fingerprint density at radius 2 is 1.94 bits per heavy atom. The van der Waals surface area contributed by atoms with Crippen LogP contribution in [0.3, 0.4) is 0 Å². The lowest BCUT2D eigenvalue weighted by molar-refractivity contribution is -0.0122. The summed E-state index contributed by atoms with van der Waals surface area (Å²) in [5.41, 5.74) is 0.280. The fourth-order valence-electron chi connectivity index (χ4n) is 4.00. The number of fused-ring (bicyclic) bond motifs is 1. The minimum Gasteiger partial charge on any atom is -0.493 e. The molecule has 2 aliphatic heterocycles. The molecule has 0 bridgehead atoms. The first kappa shape index (κ1) is 23.8. The zero-order valence-corrected chi connectivity index (χ0v) is 19.7. The molecule has 2 heterocycles. The van der Waals surface area contributed by atoms with Crippen LogP contribution in [0.2, 0.25) is 0 Å². The maximum atomic E-state index is 12.4. The molecule has 1 amide bonds. The smallest absolute Gasteiger partial charge is 0.410 e. The molecule has 174 valence electrons. The summed E-state index contributed by atoms with van der Waals surface area (Å²) in [5, 5.41) is 0. The van der Waals surface area contributed by atoms with Crippen LogP contribution in [0.4, 0.5) is 4.79 Å². The second-order valence-electron chi connectivity index (χ2n) is 9.44. The molecule has 0 N–H and O–H groups in total. The van der Waals surface area contributed by atoms with Crippen LogP contribution in [0.1, 0.15) is 39.2 Å². The third-order valence-electron chi connectivity index (χ3n) is 5.48. The number of ether oxygens (including phenoxy) is 2. The van der Waals surface area contributed by atoms with Gasteiger partial charge in [-0.25, -0.2) is 4.79 Å². The van der Waals surface area contributed by atoms with Crippen molar-refractivity contribution < 1.29 is 26.9 Å². The quantitative estimate of drug-likeness (QED) is 0.611. The van der Waals surface area contributed by atoms with Gasteiger partial charge in [-0.05, 0) is 51.3 Å². The Balaban J connectivity index is 1.46. The van der Waals surface area contributed by atoms with Crippen molar-refractivity contribution in [2.24, 2.45) is 5.92 Å². The van der Waals surface area contributed by atoms with Gasteiger partial charge in [-0.15, -0.1) is 0 Å². The first-order chi connectivity index (χ1) is 14.5. The van der Waals surface area contributed by atoms with Gasteiger partial charge >= 0.3 is 6.09 Å². The summed E-state index contributed by atoms with van der Waals surface area (Å²) in [4.78, 5) is 16.6. The molecule has 0 radical (unpaired) electrons. The highest BCUT2D eigenvalue weighted by Crippen LogP contribution is 2.27. The van der Waals surface area contributed by atoms with Crippen LogP contribution in [0.5, 0.6) is 5.75 Å². The van der Waals surface area contributed by atoms with Crippen molar-refractivity contribution in [3.63, 3.8) is 0 Å². The van der Waals surface area contributed by atoms with Gasteiger partial charge in [0.1, 0.15) is 11.4 Å². The van der Waals surface area contributed by atoms with Crippen molar-refractivity contribution in [3.05, 3.63) is 29.8 Å². The molecule has 0 spiro atoms. The molecule has 2 aliphatic rings. The molecule has 3 rings (SSSR count). The van der Waals surface area contributed by atoms with Crippen molar-refractivity contribution in [2.75, 3.05) is 39.0 Å². The molecule has 0 aliphatic carbocycles. The maximum absolute atomic E-state index is 12.4. The number of piperidine rings is 1. The molecule has 0 aromatic heterocycles. The minimum atomic E-state index is -3.47. The predicted octanol–water partition coefficient (Wildman–Crippen LogP) is 2.87. The van der Waals surface area contributed by atoms with Gasteiger partial charge in [-0.2, -0.15) is 8.42 Å². The van der Waals surface area contributed by atoms with E-state index in [0.717, 1.165) is 37.8 Å². The molecule has 1 aromatic rings. The summed E-state index contributed by atoms with van der Waals surface area (Å²) in [7, 11) is -3.47. The Morgan fingerprint density at radius 1 is 1.16 bits per heavy atom. The summed E-state index contributed by atoms with van der Waals surface area (Å²) < 4.78 is 38.7. The van der Waals surface area contributed by atoms with E-state index in [9.17, 15) is 13.2 Å². The van der Waals surface area contributed by atoms with Gasteiger partial charge in [0.25, 0.3) is 10.1 Å². The van der Waals surface area contributed by atoms with Crippen LogP contribution in [0.15, 0.2) is 24.3 Å². The molecule has 2 saturated heterocycles. The highest BCUT2D eigenvalue weighted by molar-refractivity contribution is 7.85. The number of amides is 1. The van der Waals surface area contributed by atoms with Gasteiger partial charge in [0.15, 0.2) is 0 Å². The van der Waals surface area contributed by atoms with E-state index in [4.69, 9.17) is 13.7 Å². The van der Waals surface area contributed by atoms with Crippen molar-refractivity contribution >= 4 is 16.2 Å². The average molecular weight is 455 g/mol. The topological polar surface area (TPSA) is 85.4 Å². The Hall–Kier alpha value is -1.84. The summed E-state index contributed by atoms with van der Waals surface area (Å²) in [5.74, 6) is 1.13. The Labute approximate surface area is 185 Å². The maximum Gasteiger partial charge on any atom is 0.410 e. The number of hydrogen-bond acceptors (Lipinski definition) is 7. The Morgan fingerprint density at radius 3 is 2.65 bits per heavy atom. The molecular weight excluding hydrogens is 420 g/mol. The standard InChI is InChI=1S/C22H34N2O6S/c1-22(2,3)30-21(25)24-11-10-23-13-18(8-9-19(23)14-24)15-28-20-7-5-6-17(12-20)16-29-31(4,26)27/h5-7,12,18-19H,8-11,13-16H2,1-4H3/t18-,19+/m1/s1. The largest absolute Gasteiger partial charge is 0.493 e. The molecule has 0 unspecified atom stereocenters. The third-order valence-corrected chi connectivity index (χ3v) is 6.03. The Bertz CT molecular complexity index is 867. The van der Waals surface area contributed by atoms with Crippen LogP contribution in [-0.2, 0) is 25.6 Å². The van der Waals surface area contributed by atoms with Gasteiger partial charge in [0.05, 0.1) is 19.5 Å². The van der Waals surface area contributed by atoms with E-state index in [1.54, 1.807) is 0 Å². The first-order valence-corrected chi connectivity index (χ1v) is 12.6. The molecule has 0 saturated carbocycles. The van der Waals surface area contributed by atoms with E-state index in [-0.39, 0.29) is 12.7 Å². The van der Waals surface area contributed by atoms with E-state index in [1.165, 1.54) is 0 Å². The second-order valence-corrected chi connectivity index (χ2v) is 11.1. The summed E-state index contributed by atoms with van der Waals surface area (Å²) in [6.45, 7) is 9.47. The number of carbonyl (C=O) groups excluding carboxylic acids is 1. The number of benzene rings is 1. The van der Waals surface area contributed by atoms with Crippen molar-refractivity contribution in [1.29, 1.82) is 0 Å². The summed E-state index contributed by atoms with van der Waals surface area (Å²) in [6.07, 6.45) is 2.88. The SMILES string of the molecule is CC(C)(C)OC(=O)N1CCN2C[C@H](COc3cccc(COS(C)(=O)=O)c3)CC[C@H]2C1. The summed E-state index contributed by atoms with van der Waals surface area (Å²) in [6, 6.07) is 7.70. The lowest BCUT2D eigenvalue weighted by Gasteiger charge is -2.46. The molecule has 1 aromatic carbocycles. The summed E-state index contributed by atoms with van der Waals surface area (Å²) >= 11 is 0. The van der Waals surface area contributed by atoms with Crippen LogP contribution in [-0.4, -0.2) is 75.0 Å².